The number of carbonyl (C=O) groups is 1. The van der Waals surface area contributed by atoms with Gasteiger partial charge in [0, 0.05) is 42.4 Å². The third kappa shape index (κ3) is 6.50. The number of ether oxygens (including phenoxy) is 3. The van der Waals surface area contributed by atoms with Gasteiger partial charge < -0.3 is 19.5 Å². The Hall–Kier alpha value is -3.16. The number of thioether (sulfide) groups is 1. The fourth-order valence-electron chi connectivity index (χ4n) is 4.06. The molecule has 1 fully saturated rings. The number of hydrogen-bond donors (Lipinski definition) is 1. The molecule has 1 heterocycles. The Kier molecular flexibility index (Phi) is 8.55. The number of anilines is 1. The van der Waals surface area contributed by atoms with Gasteiger partial charge >= 0.3 is 0 Å². The number of hydrogen-bond acceptors (Lipinski definition) is 6. The van der Waals surface area contributed by atoms with E-state index < -0.39 is 0 Å². The van der Waals surface area contributed by atoms with Crippen LogP contribution in [0.3, 0.4) is 0 Å². The molecule has 0 unspecified atom stereocenters. The van der Waals surface area contributed by atoms with Crippen molar-refractivity contribution in [2.45, 2.75) is 20.1 Å². The van der Waals surface area contributed by atoms with Crippen LogP contribution in [0.4, 0.5) is 5.69 Å². The van der Waals surface area contributed by atoms with Crippen molar-refractivity contribution in [3.8, 4) is 17.2 Å². The van der Waals surface area contributed by atoms with Crippen molar-refractivity contribution in [2.75, 3.05) is 44.1 Å². The minimum Gasteiger partial charge on any atom is -0.493 e. The van der Waals surface area contributed by atoms with Crippen molar-refractivity contribution in [3.63, 3.8) is 0 Å². The number of nitrogens with one attached hydrogen (secondary N) is 1. The molecule has 1 aliphatic rings. The first-order valence-corrected chi connectivity index (χ1v) is 12.9. The molecule has 0 saturated carbocycles. The Morgan fingerprint density at radius 2 is 1.63 bits per heavy atom. The smallest absolute Gasteiger partial charge is 0.255 e. The second-order valence-corrected chi connectivity index (χ2v) is 9.70. The minimum atomic E-state index is -0.236. The fourth-order valence-corrected chi connectivity index (χ4v) is 5.04. The Labute approximate surface area is 211 Å². The first kappa shape index (κ1) is 24.9. The average molecular weight is 493 g/mol. The van der Waals surface area contributed by atoms with Crippen LogP contribution in [-0.4, -0.2) is 49.6 Å². The molecule has 0 radical (unpaired) electrons. The molecule has 1 saturated heterocycles. The van der Waals surface area contributed by atoms with Gasteiger partial charge in [-0.05, 0) is 41.8 Å². The molecule has 0 aromatic heterocycles. The Bertz CT molecular complexity index is 1120. The molecule has 3 aromatic rings. The molecule has 0 aliphatic carbocycles. The third-order valence-corrected chi connectivity index (χ3v) is 6.94. The van der Waals surface area contributed by atoms with E-state index in [1.54, 1.807) is 26.4 Å². The van der Waals surface area contributed by atoms with Crippen LogP contribution in [-0.2, 0) is 13.2 Å². The lowest BCUT2D eigenvalue weighted by Crippen LogP contribution is -2.31. The van der Waals surface area contributed by atoms with Crippen molar-refractivity contribution in [2.24, 2.45) is 0 Å². The molecular weight excluding hydrogens is 460 g/mol. The van der Waals surface area contributed by atoms with Crippen LogP contribution in [0.1, 0.15) is 27.0 Å². The molecule has 1 amide bonds. The molecule has 6 nitrogen and oxygen atoms in total. The summed E-state index contributed by atoms with van der Waals surface area (Å²) in [5.74, 6) is 3.49. The van der Waals surface area contributed by atoms with Crippen LogP contribution in [0.25, 0.3) is 0 Å². The molecule has 0 bridgehead atoms. The minimum absolute atomic E-state index is 0.236. The molecule has 0 spiro atoms. The van der Waals surface area contributed by atoms with Crippen LogP contribution in [0.5, 0.6) is 17.2 Å². The Morgan fingerprint density at radius 3 is 2.26 bits per heavy atom. The van der Waals surface area contributed by atoms with Gasteiger partial charge in [0.15, 0.2) is 11.5 Å². The van der Waals surface area contributed by atoms with Crippen molar-refractivity contribution < 1.29 is 19.0 Å². The number of rotatable bonds is 9. The van der Waals surface area contributed by atoms with E-state index in [4.69, 9.17) is 14.2 Å². The zero-order chi connectivity index (χ0) is 24.6. The normalized spacial score (nSPS) is 13.8. The monoisotopic (exact) mass is 492 g/mol. The summed E-state index contributed by atoms with van der Waals surface area (Å²) in [4.78, 5) is 15.6. The standard InChI is InChI=1S/C28H32N2O4S/c1-20-15-22(18-30-11-13-35-14-12-30)9-10-24(20)29-28(31)23-16-25(32-2)27(26(17-23)33-3)34-19-21-7-5-4-6-8-21/h4-10,15-17H,11-14,18-19H2,1-3H3,(H,29,31). The van der Waals surface area contributed by atoms with Gasteiger partial charge in [-0.25, -0.2) is 0 Å². The summed E-state index contributed by atoms with van der Waals surface area (Å²) in [6.45, 7) is 5.57. The lowest BCUT2D eigenvalue weighted by molar-refractivity contribution is 0.102. The van der Waals surface area contributed by atoms with E-state index in [0.29, 0.717) is 29.4 Å². The Morgan fingerprint density at radius 1 is 0.943 bits per heavy atom. The summed E-state index contributed by atoms with van der Waals surface area (Å²) in [5.41, 5.74) is 4.53. The molecule has 35 heavy (non-hydrogen) atoms. The maximum Gasteiger partial charge on any atom is 0.255 e. The van der Waals surface area contributed by atoms with Crippen LogP contribution in [0, 0.1) is 6.92 Å². The van der Waals surface area contributed by atoms with E-state index in [0.717, 1.165) is 36.4 Å². The summed E-state index contributed by atoms with van der Waals surface area (Å²) >= 11 is 2.01. The molecule has 1 N–H and O–H groups in total. The van der Waals surface area contributed by atoms with Crippen LogP contribution in [0.15, 0.2) is 60.7 Å². The molecule has 1 aliphatic heterocycles. The van der Waals surface area contributed by atoms with Crippen molar-refractivity contribution in [1.29, 1.82) is 0 Å². The van der Waals surface area contributed by atoms with Gasteiger partial charge in [-0.15, -0.1) is 0 Å². The van der Waals surface area contributed by atoms with Gasteiger partial charge in [0.2, 0.25) is 5.75 Å². The lowest BCUT2D eigenvalue weighted by Gasteiger charge is -2.26. The zero-order valence-electron chi connectivity index (χ0n) is 20.5. The lowest BCUT2D eigenvalue weighted by atomic mass is 10.1. The molecule has 7 heteroatoms. The highest BCUT2D eigenvalue weighted by atomic mass is 32.2. The fraction of sp³-hybridized carbons (Fsp3) is 0.321. The number of methoxy groups -OCH3 is 2. The molecule has 3 aromatic carbocycles. The average Bonchev–Trinajstić information content (AvgIpc) is 2.89. The van der Waals surface area contributed by atoms with Crippen molar-refractivity contribution in [1.82, 2.24) is 4.90 Å². The summed E-state index contributed by atoms with van der Waals surface area (Å²) in [7, 11) is 3.10. The largest absolute Gasteiger partial charge is 0.493 e. The van der Waals surface area contributed by atoms with E-state index in [9.17, 15) is 4.79 Å². The second-order valence-electron chi connectivity index (χ2n) is 8.48. The number of carbonyl (C=O) groups excluding carboxylic acids is 1. The number of nitrogens with zero attached hydrogens (tertiary/aromatic N) is 1. The third-order valence-electron chi connectivity index (χ3n) is 6.00. The number of aryl methyl sites for hydroxylation is 1. The molecule has 184 valence electrons. The van der Waals surface area contributed by atoms with E-state index in [1.165, 1.54) is 17.1 Å². The van der Waals surface area contributed by atoms with Gasteiger partial charge in [-0.2, -0.15) is 11.8 Å². The highest BCUT2D eigenvalue weighted by Gasteiger charge is 2.19. The van der Waals surface area contributed by atoms with Crippen molar-refractivity contribution >= 4 is 23.4 Å². The highest BCUT2D eigenvalue weighted by Crippen LogP contribution is 2.39. The topological polar surface area (TPSA) is 60.0 Å². The van der Waals surface area contributed by atoms with Gasteiger partial charge in [-0.1, -0.05) is 42.5 Å². The van der Waals surface area contributed by atoms with Crippen LogP contribution in [0.2, 0.25) is 0 Å². The van der Waals surface area contributed by atoms with E-state index in [1.807, 2.05) is 55.1 Å². The van der Waals surface area contributed by atoms with Crippen LogP contribution < -0.4 is 19.5 Å². The molecular formula is C28H32N2O4S. The van der Waals surface area contributed by atoms with Gasteiger partial charge in [0.25, 0.3) is 5.91 Å². The summed E-state index contributed by atoms with van der Waals surface area (Å²) < 4.78 is 17.1. The van der Waals surface area contributed by atoms with Gasteiger partial charge in [-0.3, -0.25) is 9.69 Å². The SMILES string of the molecule is COc1cc(C(=O)Nc2ccc(CN3CCSCC3)cc2C)cc(OC)c1OCc1ccccc1. The highest BCUT2D eigenvalue weighted by molar-refractivity contribution is 7.99. The van der Waals surface area contributed by atoms with E-state index in [-0.39, 0.29) is 5.91 Å². The zero-order valence-corrected chi connectivity index (χ0v) is 21.3. The molecule has 0 atom stereocenters. The predicted molar refractivity (Wildman–Crippen MR) is 142 cm³/mol. The van der Waals surface area contributed by atoms with Crippen LogP contribution >= 0.6 is 11.8 Å². The Balaban J connectivity index is 1.47. The first-order valence-electron chi connectivity index (χ1n) is 11.7. The predicted octanol–water partition coefficient (Wildman–Crippen LogP) is 5.39. The summed E-state index contributed by atoms with van der Waals surface area (Å²) in [6, 6.07) is 19.4. The van der Waals surface area contributed by atoms with E-state index in [2.05, 4.69) is 22.3 Å². The molecule has 4 rings (SSSR count). The summed E-state index contributed by atoms with van der Waals surface area (Å²) in [5, 5.41) is 3.03. The first-order chi connectivity index (χ1) is 17.1. The number of amides is 1. The van der Waals surface area contributed by atoms with Crippen molar-refractivity contribution in [3.05, 3.63) is 82.9 Å². The maximum atomic E-state index is 13.1. The number of benzene rings is 3. The quantitative estimate of drug-likeness (QED) is 0.432. The van der Waals surface area contributed by atoms with Gasteiger partial charge in [0.05, 0.1) is 14.2 Å². The second kappa shape index (κ2) is 12.0. The summed E-state index contributed by atoms with van der Waals surface area (Å²) in [6.07, 6.45) is 0. The van der Waals surface area contributed by atoms with Gasteiger partial charge in [0.1, 0.15) is 6.61 Å². The van der Waals surface area contributed by atoms with E-state index >= 15 is 0 Å². The maximum absolute atomic E-state index is 13.1.